The summed E-state index contributed by atoms with van der Waals surface area (Å²) in [5, 5.41) is 0. The number of rotatable bonds is 5. The van der Waals surface area contributed by atoms with Crippen molar-refractivity contribution >= 4 is 6.09 Å². The Morgan fingerprint density at radius 2 is 1.94 bits per heavy atom. The number of hydrogen-bond acceptors (Lipinski definition) is 3. The predicted molar refractivity (Wildman–Crippen MR) is 72.5 cm³/mol. The van der Waals surface area contributed by atoms with Gasteiger partial charge in [-0.05, 0) is 31.0 Å². The molecule has 0 aromatic heterocycles. The van der Waals surface area contributed by atoms with Crippen LogP contribution < -0.4 is 10.5 Å². The number of amides is 1. The van der Waals surface area contributed by atoms with Crippen LogP contribution in [0.3, 0.4) is 0 Å². The average molecular weight is 250 g/mol. The standard InChI is InChI=1S/C14H22N2O2/c1-4-16(11-14(2,3)10-15)13(17)18-12-8-6-5-7-9-12/h5-9H,4,10-11,15H2,1-3H3. The zero-order valence-electron chi connectivity index (χ0n) is 11.3. The highest BCUT2D eigenvalue weighted by Crippen LogP contribution is 2.16. The van der Waals surface area contributed by atoms with Crippen LogP contribution in [0.2, 0.25) is 0 Å². The molecule has 1 rings (SSSR count). The van der Waals surface area contributed by atoms with Crippen molar-refractivity contribution in [2.24, 2.45) is 11.1 Å². The zero-order valence-corrected chi connectivity index (χ0v) is 11.3. The number of benzene rings is 1. The fourth-order valence-electron chi connectivity index (χ4n) is 1.54. The summed E-state index contributed by atoms with van der Waals surface area (Å²) in [6, 6.07) is 9.08. The third-order valence-electron chi connectivity index (χ3n) is 2.76. The molecule has 0 fully saturated rings. The van der Waals surface area contributed by atoms with E-state index in [1.54, 1.807) is 17.0 Å². The molecule has 0 heterocycles. The Morgan fingerprint density at radius 3 is 2.44 bits per heavy atom. The van der Waals surface area contributed by atoms with Crippen LogP contribution >= 0.6 is 0 Å². The predicted octanol–water partition coefficient (Wildman–Crippen LogP) is 2.49. The van der Waals surface area contributed by atoms with E-state index in [0.717, 1.165) is 0 Å². The molecule has 0 unspecified atom stereocenters. The third kappa shape index (κ3) is 4.37. The zero-order chi connectivity index (χ0) is 13.6. The van der Waals surface area contributed by atoms with Crippen LogP contribution in [0.5, 0.6) is 5.75 Å². The molecule has 4 heteroatoms. The van der Waals surface area contributed by atoms with Crippen molar-refractivity contribution in [1.29, 1.82) is 0 Å². The van der Waals surface area contributed by atoms with E-state index in [4.69, 9.17) is 10.5 Å². The molecule has 0 atom stereocenters. The van der Waals surface area contributed by atoms with E-state index in [2.05, 4.69) is 0 Å². The average Bonchev–Trinajstić information content (AvgIpc) is 2.37. The third-order valence-corrected chi connectivity index (χ3v) is 2.76. The number of para-hydroxylation sites is 1. The number of hydrogen-bond donors (Lipinski definition) is 1. The summed E-state index contributed by atoms with van der Waals surface area (Å²) in [6.07, 6.45) is -0.328. The maximum absolute atomic E-state index is 12.0. The van der Waals surface area contributed by atoms with Crippen LogP contribution in [0.1, 0.15) is 20.8 Å². The van der Waals surface area contributed by atoms with Crippen LogP contribution in [0.15, 0.2) is 30.3 Å². The second-order valence-corrected chi connectivity index (χ2v) is 5.06. The summed E-state index contributed by atoms with van der Waals surface area (Å²) in [6.45, 7) is 7.72. The lowest BCUT2D eigenvalue weighted by Crippen LogP contribution is -2.43. The first-order valence-electron chi connectivity index (χ1n) is 6.20. The molecule has 0 saturated carbocycles. The van der Waals surface area contributed by atoms with Gasteiger partial charge in [0.2, 0.25) is 0 Å². The second-order valence-electron chi connectivity index (χ2n) is 5.06. The lowest BCUT2D eigenvalue weighted by molar-refractivity contribution is 0.133. The minimum atomic E-state index is -0.328. The number of nitrogens with zero attached hydrogens (tertiary/aromatic N) is 1. The van der Waals surface area contributed by atoms with Crippen LogP contribution in [0.4, 0.5) is 4.79 Å². The summed E-state index contributed by atoms with van der Waals surface area (Å²) in [7, 11) is 0. The Morgan fingerprint density at radius 1 is 1.33 bits per heavy atom. The topological polar surface area (TPSA) is 55.6 Å². The van der Waals surface area contributed by atoms with E-state index in [9.17, 15) is 4.79 Å². The van der Waals surface area contributed by atoms with Gasteiger partial charge in [-0.25, -0.2) is 4.79 Å². The molecule has 0 aliphatic carbocycles. The van der Waals surface area contributed by atoms with Gasteiger partial charge in [-0.1, -0.05) is 32.0 Å². The Balaban J connectivity index is 2.63. The fourth-order valence-corrected chi connectivity index (χ4v) is 1.54. The van der Waals surface area contributed by atoms with Crippen molar-refractivity contribution in [1.82, 2.24) is 4.90 Å². The van der Waals surface area contributed by atoms with Gasteiger partial charge < -0.3 is 15.4 Å². The SMILES string of the molecule is CCN(CC(C)(C)CN)C(=O)Oc1ccccc1. The Kier molecular flexibility index (Phi) is 5.16. The highest BCUT2D eigenvalue weighted by atomic mass is 16.6. The molecular weight excluding hydrogens is 228 g/mol. The van der Waals surface area contributed by atoms with E-state index in [0.29, 0.717) is 25.4 Å². The molecule has 0 spiro atoms. The first-order chi connectivity index (χ1) is 8.48. The number of ether oxygens (including phenoxy) is 1. The minimum Gasteiger partial charge on any atom is -0.410 e. The van der Waals surface area contributed by atoms with Crippen LogP contribution in [-0.4, -0.2) is 30.6 Å². The van der Waals surface area contributed by atoms with Crippen molar-refractivity contribution in [2.45, 2.75) is 20.8 Å². The monoisotopic (exact) mass is 250 g/mol. The smallest absolute Gasteiger partial charge is 0.410 e. The summed E-state index contributed by atoms with van der Waals surface area (Å²) in [5.74, 6) is 0.562. The van der Waals surface area contributed by atoms with Gasteiger partial charge >= 0.3 is 6.09 Å². The molecule has 0 aliphatic heterocycles. The molecule has 1 aromatic rings. The largest absolute Gasteiger partial charge is 0.415 e. The summed E-state index contributed by atoms with van der Waals surface area (Å²) in [4.78, 5) is 13.7. The quantitative estimate of drug-likeness (QED) is 0.873. The molecule has 0 bridgehead atoms. The van der Waals surface area contributed by atoms with Crippen LogP contribution in [0, 0.1) is 5.41 Å². The molecule has 2 N–H and O–H groups in total. The van der Waals surface area contributed by atoms with Gasteiger partial charge in [-0.15, -0.1) is 0 Å². The molecule has 1 amide bonds. The summed E-state index contributed by atoms with van der Waals surface area (Å²) in [5.41, 5.74) is 5.58. The lowest BCUT2D eigenvalue weighted by Gasteiger charge is -2.30. The number of carbonyl (C=O) groups is 1. The van der Waals surface area contributed by atoms with Gasteiger partial charge in [-0.3, -0.25) is 0 Å². The Labute approximate surface area is 109 Å². The van der Waals surface area contributed by atoms with E-state index >= 15 is 0 Å². The lowest BCUT2D eigenvalue weighted by atomic mass is 9.93. The Bertz CT molecular complexity index is 377. The van der Waals surface area contributed by atoms with Crippen LogP contribution in [-0.2, 0) is 0 Å². The Hall–Kier alpha value is -1.55. The van der Waals surface area contributed by atoms with Gasteiger partial charge in [0.05, 0.1) is 0 Å². The van der Waals surface area contributed by atoms with E-state index in [1.165, 1.54) is 0 Å². The number of nitrogens with two attached hydrogens (primary N) is 1. The highest BCUT2D eigenvalue weighted by Gasteiger charge is 2.23. The van der Waals surface area contributed by atoms with E-state index in [-0.39, 0.29) is 11.5 Å². The van der Waals surface area contributed by atoms with Crippen molar-refractivity contribution in [3.8, 4) is 5.75 Å². The van der Waals surface area contributed by atoms with Crippen molar-refractivity contribution in [3.05, 3.63) is 30.3 Å². The molecule has 100 valence electrons. The van der Waals surface area contributed by atoms with Gasteiger partial charge in [0.25, 0.3) is 0 Å². The highest BCUT2D eigenvalue weighted by molar-refractivity contribution is 5.70. The number of carbonyl (C=O) groups excluding carboxylic acids is 1. The first-order valence-corrected chi connectivity index (χ1v) is 6.20. The molecular formula is C14H22N2O2. The van der Waals surface area contributed by atoms with Gasteiger partial charge in [0, 0.05) is 13.1 Å². The van der Waals surface area contributed by atoms with Crippen molar-refractivity contribution < 1.29 is 9.53 Å². The molecule has 18 heavy (non-hydrogen) atoms. The molecule has 4 nitrogen and oxygen atoms in total. The normalized spacial score (nSPS) is 11.1. The van der Waals surface area contributed by atoms with Gasteiger partial charge in [-0.2, -0.15) is 0 Å². The van der Waals surface area contributed by atoms with E-state index in [1.807, 2.05) is 39.0 Å². The van der Waals surface area contributed by atoms with Crippen molar-refractivity contribution in [3.63, 3.8) is 0 Å². The van der Waals surface area contributed by atoms with Crippen molar-refractivity contribution in [2.75, 3.05) is 19.6 Å². The van der Waals surface area contributed by atoms with E-state index < -0.39 is 0 Å². The maximum atomic E-state index is 12.0. The maximum Gasteiger partial charge on any atom is 0.415 e. The first kappa shape index (κ1) is 14.5. The molecule has 0 radical (unpaired) electrons. The molecule has 0 saturated heterocycles. The second kappa shape index (κ2) is 6.40. The summed E-state index contributed by atoms with van der Waals surface area (Å²) < 4.78 is 5.30. The van der Waals surface area contributed by atoms with Gasteiger partial charge in [0.15, 0.2) is 0 Å². The minimum absolute atomic E-state index is 0.105. The molecule has 1 aromatic carbocycles. The fraction of sp³-hybridized carbons (Fsp3) is 0.500. The van der Waals surface area contributed by atoms with Crippen LogP contribution in [0.25, 0.3) is 0 Å². The molecule has 0 aliphatic rings. The van der Waals surface area contributed by atoms with Gasteiger partial charge in [0.1, 0.15) is 5.75 Å². The summed E-state index contributed by atoms with van der Waals surface area (Å²) >= 11 is 0.